The molecule has 2 aromatic carbocycles. The number of carbonyl (C=O) groups excluding carboxylic acids is 3. The van der Waals surface area contributed by atoms with Gasteiger partial charge in [-0.2, -0.15) is 0 Å². The van der Waals surface area contributed by atoms with Gasteiger partial charge in [0, 0.05) is 41.9 Å². The van der Waals surface area contributed by atoms with Crippen molar-refractivity contribution in [1.29, 1.82) is 0 Å². The molecular weight excluding hydrogens is 414 g/mol. The first-order chi connectivity index (χ1) is 15.7. The predicted octanol–water partition coefficient (Wildman–Crippen LogP) is 5.15. The lowest BCUT2D eigenvalue weighted by molar-refractivity contribution is 0.0650. The lowest BCUT2D eigenvalue weighted by atomic mass is 9.88. The monoisotopic (exact) mass is 449 g/mol. The number of nitrogens with one attached hydrogen (secondary N) is 2. The summed E-state index contributed by atoms with van der Waals surface area (Å²) < 4.78 is 0. The number of amides is 3. The Kier molecular flexibility index (Phi) is 8.26. The van der Waals surface area contributed by atoms with Crippen LogP contribution in [0.25, 0.3) is 0 Å². The van der Waals surface area contributed by atoms with Crippen molar-refractivity contribution in [2.75, 3.05) is 18.4 Å². The van der Waals surface area contributed by atoms with E-state index in [0.717, 1.165) is 12.0 Å². The van der Waals surface area contributed by atoms with Crippen molar-refractivity contribution >= 4 is 23.4 Å². The number of urea groups is 1. The lowest BCUT2D eigenvalue weighted by Gasteiger charge is -2.31. The van der Waals surface area contributed by atoms with Gasteiger partial charge in [0.1, 0.15) is 0 Å². The first-order valence-electron chi connectivity index (χ1n) is 11.8. The van der Waals surface area contributed by atoms with E-state index in [1.165, 1.54) is 5.56 Å². The van der Waals surface area contributed by atoms with Gasteiger partial charge < -0.3 is 15.5 Å². The first kappa shape index (κ1) is 24.5. The Morgan fingerprint density at radius 3 is 2.00 bits per heavy atom. The highest BCUT2D eigenvalue weighted by Gasteiger charge is 2.28. The molecule has 0 atom stereocenters. The fourth-order valence-corrected chi connectivity index (χ4v) is 4.17. The third-order valence-corrected chi connectivity index (χ3v) is 5.84. The Balaban J connectivity index is 1.52. The maximum atomic E-state index is 12.9. The van der Waals surface area contributed by atoms with E-state index < -0.39 is 0 Å². The fraction of sp³-hybridized carbons (Fsp3) is 0.444. The molecule has 2 aromatic rings. The highest BCUT2D eigenvalue weighted by Crippen LogP contribution is 2.24. The second kappa shape index (κ2) is 11.1. The Morgan fingerprint density at radius 2 is 1.45 bits per heavy atom. The van der Waals surface area contributed by atoms with E-state index in [4.69, 9.17) is 0 Å². The zero-order valence-corrected chi connectivity index (χ0v) is 20.1. The summed E-state index contributed by atoms with van der Waals surface area (Å²) in [4.78, 5) is 39.4. The number of benzene rings is 2. The van der Waals surface area contributed by atoms with Crippen molar-refractivity contribution in [2.45, 2.75) is 53.0 Å². The standard InChI is InChI=1S/C27H35N3O3/c1-18(2)17-20-5-7-21(8-6-20)25(31)22-13-15-30(16-14-22)26(32)23-9-11-24(12-10-23)29-27(33)28-19(3)4/h5-12,18-19,22H,13-17H2,1-4H3,(H2,28,29,33). The Bertz CT molecular complexity index is 957. The van der Waals surface area contributed by atoms with E-state index in [2.05, 4.69) is 36.6 Å². The molecule has 0 radical (unpaired) electrons. The quantitative estimate of drug-likeness (QED) is 0.574. The van der Waals surface area contributed by atoms with Crippen LogP contribution in [-0.4, -0.2) is 41.8 Å². The molecule has 176 valence electrons. The van der Waals surface area contributed by atoms with E-state index >= 15 is 0 Å². The molecule has 0 bridgehead atoms. The van der Waals surface area contributed by atoms with Crippen molar-refractivity contribution in [2.24, 2.45) is 11.8 Å². The van der Waals surface area contributed by atoms with Gasteiger partial charge in [-0.05, 0) is 68.9 Å². The molecule has 0 spiro atoms. The molecule has 0 unspecified atom stereocenters. The van der Waals surface area contributed by atoms with Gasteiger partial charge in [0.05, 0.1) is 0 Å². The van der Waals surface area contributed by atoms with Crippen LogP contribution in [0.4, 0.5) is 10.5 Å². The average Bonchev–Trinajstić information content (AvgIpc) is 2.78. The van der Waals surface area contributed by atoms with Gasteiger partial charge in [-0.15, -0.1) is 0 Å². The topological polar surface area (TPSA) is 78.5 Å². The number of piperidine rings is 1. The number of ketones is 1. The van der Waals surface area contributed by atoms with Crippen LogP contribution < -0.4 is 10.6 Å². The van der Waals surface area contributed by atoms with Crippen molar-refractivity contribution in [3.63, 3.8) is 0 Å². The van der Waals surface area contributed by atoms with Crippen LogP contribution in [-0.2, 0) is 6.42 Å². The molecule has 6 heteroatoms. The summed E-state index contributed by atoms with van der Waals surface area (Å²) in [6.45, 7) is 9.29. The summed E-state index contributed by atoms with van der Waals surface area (Å²) in [6.07, 6.45) is 2.36. The molecule has 6 nitrogen and oxygen atoms in total. The minimum absolute atomic E-state index is 0.0443. The van der Waals surface area contributed by atoms with Gasteiger partial charge in [0.2, 0.25) is 0 Å². The second-order valence-electron chi connectivity index (χ2n) is 9.56. The van der Waals surface area contributed by atoms with Gasteiger partial charge in [-0.1, -0.05) is 38.1 Å². The highest BCUT2D eigenvalue weighted by molar-refractivity contribution is 5.99. The van der Waals surface area contributed by atoms with Crippen molar-refractivity contribution < 1.29 is 14.4 Å². The molecule has 3 amide bonds. The molecule has 1 aliphatic rings. The van der Waals surface area contributed by atoms with Crippen molar-refractivity contribution in [3.05, 3.63) is 65.2 Å². The Hall–Kier alpha value is -3.15. The maximum Gasteiger partial charge on any atom is 0.319 e. The van der Waals surface area contributed by atoms with Gasteiger partial charge >= 0.3 is 6.03 Å². The zero-order valence-electron chi connectivity index (χ0n) is 20.1. The van der Waals surface area contributed by atoms with Crippen LogP contribution in [0.3, 0.4) is 0 Å². The molecule has 2 N–H and O–H groups in total. The number of likely N-dealkylation sites (tertiary alicyclic amines) is 1. The minimum atomic E-state index is -0.273. The average molecular weight is 450 g/mol. The lowest BCUT2D eigenvalue weighted by Crippen LogP contribution is -2.40. The number of carbonyl (C=O) groups is 3. The molecule has 1 heterocycles. The molecule has 33 heavy (non-hydrogen) atoms. The van der Waals surface area contributed by atoms with E-state index in [0.29, 0.717) is 43.1 Å². The van der Waals surface area contributed by atoms with Gasteiger partial charge in [-0.25, -0.2) is 4.79 Å². The normalized spacial score (nSPS) is 14.4. The van der Waals surface area contributed by atoms with E-state index in [-0.39, 0.29) is 29.7 Å². The molecule has 1 fully saturated rings. The highest BCUT2D eigenvalue weighted by atomic mass is 16.2. The van der Waals surface area contributed by atoms with E-state index in [1.54, 1.807) is 24.3 Å². The van der Waals surface area contributed by atoms with Gasteiger partial charge in [0.25, 0.3) is 5.91 Å². The summed E-state index contributed by atoms with van der Waals surface area (Å²) in [5.74, 6) is 0.673. The number of Topliss-reactive ketones (excluding diaryl/α,β-unsaturated/α-hetero) is 1. The van der Waals surface area contributed by atoms with Crippen LogP contribution in [0.2, 0.25) is 0 Å². The van der Waals surface area contributed by atoms with Crippen LogP contribution in [0.1, 0.15) is 66.8 Å². The molecule has 0 saturated carbocycles. The Morgan fingerprint density at radius 1 is 0.879 bits per heavy atom. The smallest absolute Gasteiger partial charge is 0.319 e. The van der Waals surface area contributed by atoms with Crippen LogP contribution in [0.15, 0.2) is 48.5 Å². The third-order valence-electron chi connectivity index (χ3n) is 5.84. The molecule has 1 saturated heterocycles. The molecule has 0 aliphatic carbocycles. The van der Waals surface area contributed by atoms with Gasteiger partial charge in [-0.3, -0.25) is 9.59 Å². The van der Waals surface area contributed by atoms with Crippen LogP contribution >= 0.6 is 0 Å². The Labute approximate surface area is 196 Å². The predicted molar refractivity (Wildman–Crippen MR) is 132 cm³/mol. The number of nitrogens with zero attached hydrogens (tertiary/aromatic N) is 1. The molecule has 3 rings (SSSR count). The van der Waals surface area contributed by atoms with Crippen molar-refractivity contribution in [1.82, 2.24) is 10.2 Å². The first-order valence-corrected chi connectivity index (χ1v) is 11.8. The molecule has 0 aromatic heterocycles. The second-order valence-corrected chi connectivity index (χ2v) is 9.56. The minimum Gasteiger partial charge on any atom is -0.339 e. The van der Waals surface area contributed by atoms with Crippen LogP contribution in [0, 0.1) is 11.8 Å². The largest absolute Gasteiger partial charge is 0.339 e. The van der Waals surface area contributed by atoms with Crippen molar-refractivity contribution in [3.8, 4) is 0 Å². The number of hydrogen-bond acceptors (Lipinski definition) is 3. The number of hydrogen-bond donors (Lipinski definition) is 2. The summed E-state index contributed by atoms with van der Waals surface area (Å²) >= 11 is 0. The summed E-state index contributed by atoms with van der Waals surface area (Å²) in [5, 5.41) is 5.52. The van der Waals surface area contributed by atoms with Gasteiger partial charge in [0.15, 0.2) is 5.78 Å². The third kappa shape index (κ3) is 6.91. The van der Waals surface area contributed by atoms with E-state index in [9.17, 15) is 14.4 Å². The summed E-state index contributed by atoms with van der Waals surface area (Å²) in [7, 11) is 0. The fourth-order valence-electron chi connectivity index (χ4n) is 4.17. The number of rotatable bonds is 7. The van der Waals surface area contributed by atoms with E-state index in [1.807, 2.05) is 30.9 Å². The maximum absolute atomic E-state index is 12.9. The SMILES string of the molecule is CC(C)Cc1ccc(C(=O)C2CCN(C(=O)c3ccc(NC(=O)NC(C)C)cc3)CC2)cc1. The summed E-state index contributed by atoms with van der Waals surface area (Å²) in [6, 6.07) is 14.7. The van der Waals surface area contributed by atoms with Crippen LogP contribution in [0.5, 0.6) is 0 Å². The zero-order chi connectivity index (χ0) is 24.0. The number of anilines is 1. The molecular formula is C27H35N3O3. The molecule has 1 aliphatic heterocycles. The summed E-state index contributed by atoms with van der Waals surface area (Å²) in [5.41, 5.74) is 3.23.